The van der Waals surface area contributed by atoms with E-state index in [-0.39, 0.29) is 109 Å². The topological polar surface area (TPSA) is 213 Å². The molecule has 0 atom stereocenters. The predicted octanol–water partition coefficient (Wildman–Crippen LogP) is 13.3. The number of ether oxygens (including phenoxy) is 6. The monoisotopic (exact) mass is 1610 g/mol. The van der Waals surface area contributed by atoms with Gasteiger partial charge in [0.05, 0.1) is 22.1 Å². The van der Waals surface area contributed by atoms with Crippen LogP contribution in [0.2, 0.25) is 5.02 Å². The Labute approximate surface area is 681 Å². The number of halogens is 8. The van der Waals surface area contributed by atoms with Gasteiger partial charge in [0.2, 0.25) is 0 Å². The largest absolute Gasteiger partial charge is 1.00 e. The molecule has 6 aromatic rings. The minimum atomic E-state index is -3.67. The molecule has 580 valence electrons. The van der Waals surface area contributed by atoms with Crippen LogP contribution in [0, 0.1) is 24.4 Å². The number of piperazine rings is 3. The number of nitrogens with one attached hydrogen (secondary N) is 3. The van der Waals surface area contributed by atoms with Gasteiger partial charge in [0.25, 0.3) is 0 Å². The Bertz CT molecular complexity index is 3660. The Hall–Kier alpha value is -7.61. The molecule has 0 unspecified atom stereocenters. The average molecular weight is 1610 g/mol. The molecule has 3 aliphatic heterocycles. The van der Waals surface area contributed by atoms with Crippen molar-refractivity contribution in [1.82, 2.24) is 30.7 Å². The molecule has 3 N–H and O–H groups in total. The molecule has 3 fully saturated rings. The Morgan fingerprint density at radius 3 is 1.09 bits per heavy atom. The minimum absolute atomic E-state index is 0. The normalized spacial score (nSPS) is 13.3. The molecule has 6 aromatic carbocycles. The summed E-state index contributed by atoms with van der Waals surface area (Å²) in [5.74, 6) is -1.01. The Morgan fingerprint density at radius 1 is 0.449 bits per heavy atom. The number of carbonyl (C=O) groups excluding carboxylic acids is 6. The van der Waals surface area contributed by atoms with Crippen LogP contribution in [0.3, 0.4) is 0 Å². The zero-order chi connectivity index (χ0) is 77.3. The van der Waals surface area contributed by atoms with Crippen molar-refractivity contribution in [3.63, 3.8) is 0 Å². The molecule has 9 rings (SSSR count). The molecular weight excluding hydrogens is 1510 g/mol. The van der Waals surface area contributed by atoms with Crippen LogP contribution in [0.4, 0.5) is 71.9 Å². The van der Waals surface area contributed by atoms with Gasteiger partial charge in [-0.1, -0.05) is 132 Å². The summed E-state index contributed by atoms with van der Waals surface area (Å²) >= 11 is 9.67. The van der Waals surface area contributed by atoms with Gasteiger partial charge in [-0.2, -0.15) is 0 Å². The summed E-state index contributed by atoms with van der Waals surface area (Å²) in [6.07, 6.45) is -1.57. The standard InChI is InChI=1S/C25H31ClFN3O4.C25H32FN3O4.C18H18BrFN2O2.C7H14NO2.CH4.BF3.K/c1-25(2,3)34-23(31)28-10-9-19-15-20(26)22(21(27)16-19)29-11-13-30(14-12-29)24(32)33-17-18-7-5-4-6-8-18;1-25(2,3)33-23(30)27-12-11-19-9-10-22(21(26)17-19)28-13-15-29(16-14-28)24(31)32-18-20-7-5-4-6-8-20;19-15-6-7-17(16(20)12-15)21-8-10-22(11-9-21)18(23)24-13-14-4-2-1-3-5-14;1-5-8-6(9)10-7(2,3)4;;2-1(3)4;/h4-8,15-16H,9-14,17H2,1-3H3,(H,28,31);4-10,17H,11-16,18H2,1-3H3,(H,27,30);1-7,12H,8-11,13H2;1,5H2,2-4H3,(H,8,9);1H4;;/q;;;-1;;;+1. The van der Waals surface area contributed by atoms with E-state index < -0.39 is 48.4 Å². The van der Waals surface area contributed by atoms with Crippen molar-refractivity contribution in [3.05, 3.63) is 201 Å². The quantitative estimate of drug-likeness (QED) is 0.0356. The van der Waals surface area contributed by atoms with Crippen molar-refractivity contribution < 1.29 is 135 Å². The van der Waals surface area contributed by atoms with Crippen LogP contribution < -0.4 is 82.0 Å². The Kier molecular flexibility index (Phi) is 41.4. The van der Waals surface area contributed by atoms with Gasteiger partial charge in [-0.25, -0.2) is 41.9 Å². The zero-order valence-corrected chi connectivity index (χ0v) is 67.3. The molecule has 0 aromatic heterocycles. The van der Waals surface area contributed by atoms with Crippen LogP contribution in [-0.2, 0) is 61.1 Å². The van der Waals surface area contributed by atoms with Crippen molar-refractivity contribution in [3.8, 4) is 0 Å². The van der Waals surface area contributed by atoms with Crippen molar-refractivity contribution in [1.29, 1.82) is 0 Å². The maximum Gasteiger partial charge on any atom is 1.00 e. The molecule has 3 heterocycles. The average Bonchev–Trinajstić information content (AvgIpc) is 0.819. The summed E-state index contributed by atoms with van der Waals surface area (Å²) < 4.78 is 105. The molecule has 6 amide bonds. The number of alkyl carbamates (subject to hydrolysis) is 3. The van der Waals surface area contributed by atoms with E-state index in [0.717, 1.165) is 22.3 Å². The summed E-state index contributed by atoms with van der Waals surface area (Å²) in [7, 11) is -3.67. The molecular formula is C76H99BBrClF6KN9O12. The number of amides is 6. The fraction of sp³-hybridized carbons (Fsp3) is 0.434. The predicted molar refractivity (Wildman–Crippen MR) is 404 cm³/mol. The van der Waals surface area contributed by atoms with Gasteiger partial charge in [0, 0.05) is 96.1 Å². The van der Waals surface area contributed by atoms with Crippen LogP contribution >= 0.6 is 27.5 Å². The van der Waals surface area contributed by atoms with Crippen LogP contribution in [0.1, 0.15) is 97.6 Å². The van der Waals surface area contributed by atoms with Gasteiger partial charge in [-0.3, -0.25) is 12.9 Å². The van der Waals surface area contributed by atoms with E-state index >= 15 is 0 Å². The van der Waals surface area contributed by atoms with Crippen LogP contribution in [-0.4, -0.2) is 174 Å². The van der Waals surface area contributed by atoms with E-state index in [9.17, 15) is 54.9 Å². The molecule has 0 bridgehead atoms. The number of benzene rings is 6. The second-order valence-electron chi connectivity index (χ2n) is 26.9. The van der Waals surface area contributed by atoms with Crippen molar-refractivity contribution >= 4 is 88.7 Å². The fourth-order valence-electron chi connectivity index (χ4n) is 10.2. The van der Waals surface area contributed by atoms with E-state index in [1.165, 1.54) is 18.2 Å². The van der Waals surface area contributed by atoms with Crippen molar-refractivity contribution in [2.75, 3.05) is 113 Å². The van der Waals surface area contributed by atoms with Crippen molar-refractivity contribution in [2.24, 2.45) is 0 Å². The van der Waals surface area contributed by atoms with Gasteiger partial charge < -0.3 is 80.7 Å². The van der Waals surface area contributed by atoms with Gasteiger partial charge in [0.15, 0.2) is 0 Å². The first kappa shape index (κ1) is 93.6. The number of rotatable bonds is 16. The summed E-state index contributed by atoms with van der Waals surface area (Å²) in [6, 6.07) is 41.9. The SMILES string of the molecule is C.CC(C)(C)OC(=O)NCCc1cc(F)c(N2CCN(C(=O)OCc3ccccc3)CC2)c(Cl)c1.CC(C)(C)OC(=O)NCCc1ccc(N2CCN(C(=O)OCc3ccccc3)CC2)c(F)c1.FB(F)F.O=C(OCc1ccccc1)N1CCN(c2ccc(Br)cc2F)CC1.[CH2-]CNC(=O)OC(C)(C)C.[K+]. The third-order valence-corrected chi connectivity index (χ3v) is 15.8. The summed E-state index contributed by atoms with van der Waals surface area (Å²) in [5.41, 5.74) is 4.12. The van der Waals surface area contributed by atoms with E-state index in [1.54, 1.807) is 74.4 Å². The zero-order valence-electron chi connectivity index (χ0n) is 61.8. The van der Waals surface area contributed by atoms with E-state index in [1.807, 2.05) is 139 Å². The molecule has 0 saturated carbocycles. The second kappa shape index (κ2) is 47.3. The summed E-state index contributed by atoms with van der Waals surface area (Å²) in [4.78, 5) is 81.6. The van der Waals surface area contributed by atoms with Gasteiger partial charge >= 0.3 is 95.5 Å². The van der Waals surface area contributed by atoms with E-state index in [4.69, 9.17) is 40.0 Å². The molecule has 31 heteroatoms. The maximum absolute atomic E-state index is 14.9. The maximum atomic E-state index is 14.9. The number of hydrogen-bond donors (Lipinski definition) is 3. The second-order valence-corrected chi connectivity index (χ2v) is 28.2. The van der Waals surface area contributed by atoms with Crippen LogP contribution in [0.25, 0.3) is 0 Å². The number of carbonyl (C=O) groups is 6. The molecule has 0 spiro atoms. The first-order chi connectivity index (χ1) is 49.6. The smallest absolute Gasteiger partial charge is 0.445 e. The molecule has 0 radical (unpaired) electrons. The van der Waals surface area contributed by atoms with Gasteiger partial charge in [-0.15, -0.1) is 6.54 Å². The van der Waals surface area contributed by atoms with E-state index in [0.29, 0.717) is 143 Å². The number of anilines is 3. The summed E-state index contributed by atoms with van der Waals surface area (Å²) in [6.45, 7) is 27.3. The van der Waals surface area contributed by atoms with Gasteiger partial charge in [0.1, 0.15) is 54.1 Å². The molecule has 107 heavy (non-hydrogen) atoms. The van der Waals surface area contributed by atoms with Crippen LogP contribution in [0.15, 0.2) is 144 Å². The van der Waals surface area contributed by atoms with Crippen LogP contribution in [0.5, 0.6) is 0 Å². The molecule has 0 aliphatic carbocycles. The minimum Gasteiger partial charge on any atom is -0.445 e. The first-order valence-corrected chi connectivity index (χ1v) is 35.3. The fourth-order valence-corrected chi connectivity index (χ4v) is 10.9. The molecule has 21 nitrogen and oxygen atoms in total. The first-order valence-electron chi connectivity index (χ1n) is 34.1. The molecule has 3 aliphatic rings. The third kappa shape index (κ3) is 36.9. The third-order valence-electron chi connectivity index (χ3n) is 15.1. The van der Waals surface area contributed by atoms with Gasteiger partial charge in [-0.05, 0) is 145 Å². The summed E-state index contributed by atoms with van der Waals surface area (Å²) in [5, 5.41) is 8.06. The van der Waals surface area contributed by atoms with E-state index in [2.05, 4.69) is 38.8 Å². The number of hydrogen-bond acceptors (Lipinski definition) is 15. The Balaban J connectivity index is 0.000000382. The van der Waals surface area contributed by atoms with Crippen molar-refractivity contribution in [2.45, 2.75) is 119 Å². The number of nitrogens with zero attached hydrogens (tertiary/aromatic N) is 6. The molecule has 3 saturated heterocycles. The Morgan fingerprint density at radius 2 is 0.766 bits per heavy atom.